The van der Waals surface area contributed by atoms with Crippen LogP contribution >= 0.6 is 0 Å². The standard InChI is InChI=1S/C33H39N3O5/c1-20-17-21(2)29(22(3)18-20)35-32(40)34-27-19-23(25-13-9-10-14-28(25)41-5)15-16-26(27)30(37)36-33(4,31(38)39)24-11-7-6-8-12-24/h9-10,13-19,24H,6-8,11-12H2,1-5H3,(H,36,37)(H,38,39)(H2,34,35,40)/t33-/m0/s1. The smallest absolute Gasteiger partial charge is 0.329 e. The lowest BCUT2D eigenvalue weighted by Crippen LogP contribution is -2.57. The number of carbonyl (C=O) groups excluding carboxylic acids is 2. The van der Waals surface area contributed by atoms with Crippen molar-refractivity contribution in [2.45, 2.75) is 65.3 Å². The number of carboxylic acid groups (broad SMARTS) is 1. The van der Waals surface area contributed by atoms with Gasteiger partial charge in [0.15, 0.2) is 0 Å². The van der Waals surface area contributed by atoms with Crippen molar-refractivity contribution < 1.29 is 24.2 Å². The van der Waals surface area contributed by atoms with Crippen molar-refractivity contribution in [3.63, 3.8) is 0 Å². The van der Waals surface area contributed by atoms with Crippen LogP contribution in [0.4, 0.5) is 16.2 Å². The van der Waals surface area contributed by atoms with Crippen LogP contribution in [0.15, 0.2) is 54.6 Å². The molecule has 0 radical (unpaired) electrons. The first-order chi connectivity index (χ1) is 19.5. The Hall–Kier alpha value is -4.33. The van der Waals surface area contributed by atoms with Gasteiger partial charge in [0.25, 0.3) is 5.91 Å². The van der Waals surface area contributed by atoms with E-state index in [0.29, 0.717) is 11.4 Å². The molecule has 3 amide bonds. The summed E-state index contributed by atoms with van der Waals surface area (Å²) in [5, 5.41) is 18.8. The third-order valence-electron chi connectivity index (χ3n) is 8.09. The normalized spacial score (nSPS) is 15.0. The Morgan fingerprint density at radius 2 is 1.56 bits per heavy atom. The zero-order chi connectivity index (χ0) is 29.7. The minimum absolute atomic E-state index is 0.166. The largest absolute Gasteiger partial charge is 0.496 e. The van der Waals surface area contributed by atoms with Crippen LogP contribution in [0.25, 0.3) is 11.1 Å². The lowest BCUT2D eigenvalue weighted by Gasteiger charge is -2.37. The van der Waals surface area contributed by atoms with E-state index < -0.39 is 23.4 Å². The summed E-state index contributed by atoms with van der Waals surface area (Å²) in [4.78, 5) is 39.4. The lowest BCUT2D eigenvalue weighted by atomic mass is 9.75. The molecule has 0 aliphatic heterocycles. The van der Waals surface area contributed by atoms with Gasteiger partial charge in [0, 0.05) is 11.3 Å². The zero-order valence-corrected chi connectivity index (χ0v) is 24.4. The summed E-state index contributed by atoms with van der Waals surface area (Å²) in [6.07, 6.45) is 4.40. The van der Waals surface area contributed by atoms with E-state index in [1.165, 1.54) is 0 Å². The molecule has 0 heterocycles. The number of aliphatic carboxylic acids is 1. The van der Waals surface area contributed by atoms with Gasteiger partial charge in [0.05, 0.1) is 18.4 Å². The number of methoxy groups -OCH3 is 1. The molecule has 3 aromatic carbocycles. The van der Waals surface area contributed by atoms with Crippen molar-refractivity contribution in [3.8, 4) is 16.9 Å². The molecule has 1 aliphatic rings. The SMILES string of the molecule is COc1ccccc1-c1ccc(C(=O)N[C@](C)(C(=O)O)C2CCCCC2)c(NC(=O)Nc2c(C)cc(C)cc2C)c1. The van der Waals surface area contributed by atoms with E-state index in [2.05, 4.69) is 16.0 Å². The summed E-state index contributed by atoms with van der Waals surface area (Å²) < 4.78 is 5.53. The number of hydrogen-bond acceptors (Lipinski definition) is 4. The highest BCUT2D eigenvalue weighted by atomic mass is 16.5. The second-order valence-electron chi connectivity index (χ2n) is 11.1. The Bertz CT molecular complexity index is 1440. The molecule has 8 nitrogen and oxygen atoms in total. The molecule has 0 saturated heterocycles. The van der Waals surface area contributed by atoms with Crippen molar-refractivity contribution in [1.82, 2.24) is 5.32 Å². The van der Waals surface area contributed by atoms with Gasteiger partial charge in [-0.2, -0.15) is 0 Å². The molecule has 8 heteroatoms. The van der Waals surface area contributed by atoms with Crippen molar-refractivity contribution in [2.75, 3.05) is 17.7 Å². The number of carboxylic acids is 1. The van der Waals surface area contributed by atoms with Crippen molar-refractivity contribution in [3.05, 3.63) is 76.9 Å². The number of rotatable bonds is 8. The van der Waals surface area contributed by atoms with E-state index in [0.717, 1.165) is 59.9 Å². The number of para-hydroxylation sites is 1. The van der Waals surface area contributed by atoms with E-state index in [9.17, 15) is 19.5 Å². The Labute approximate surface area is 241 Å². The average molecular weight is 558 g/mol. The molecular formula is C33H39N3O5. The van der Waals surface area contributed by atoms with Crippen molar-refractivity contribution >= 4 is 29.3 Å². The summed E-state index contributed by atoms with van der Waals surface area (Å²) in [5.74, 6) is -1.18. The molecule has 1 fully saturated rings. The molecule has 1 aliphatic carbocycles. The first kappa shape index (κ1) is 29.6. The number of nitrogens with one attached hydrogen (secondary N) is 3. The Kier molecular flexibility index (Phi) is 9.01. The molecule has 1 saturated carbocycles. The Balaban J connectivity index is 1.71. The molecule has 4 rings (SSSR count). The molecule has 0 aromatic heterocycles. The molecule has 4 N–H and O–H groups in total. The third-order valence-corrected chi connectivity index (χ3v) is 8.09. The summed E-state index contributed by atoms with van der Waals surface area (Å²) in [5.41, 5.74) is 4.12. The van der Waals surface area contributed by atoms with Crippen LogP contribution in [0.2, 0.25) is 0 Å². The maximum Gasteiger partial charge on any atom is 0.329 e. The highest BCUT2D eigenvalue weighted by molar-refractivity contribution is 6.08. The molecule has 3 aromatic rings. The van der Waals surface area contributed by atoms with Crippen molar-refractivity contribution in [1.29, 1.82) is 0 Å². The number of benzene rings is 3. The van der Waals surface area contributed by atoms with Crippen LogP contribution < -0.4 is 20.7 Å². The van der Waals surface area contributed by atoms with Gasteiger partial charge in [-0.15, -0.1) is 0 Å². The van der Waals surface area contributed by atoms with Crippen molar-refractivity contribution in [2.24, 2.45) is 5.92 Å². The Morgan fingerprint density at radius 1 is 0.902 bits per heavy atom. The molecule has 0 unspecified atom stereocenters. The first-order valence-corrected chi connectivity index (χ1v) is 14.0. The van der Waals surface area contributed by atoms with Gasteiger partial charge in [-0.05, 0) is 81.3 Å². The fourth-order valence-electron chi connectivity index (χ4n) is 5.85. The minimum Gasteiger partial charge on any atom is -0.496 e. The van der Waals surface area contributed by atoms with Gasteiger partial charge < -0.3 is 25.8 Å². The second kappa shape index (κ2) is 12.5. The van der Waals surface area contributed by atoms with Gasteiger partial charge in [-0.3, -0.25) is 4.79 Å². The molecule has 1 atom stereocenters. The maximum absolute atomic E-state index is 13.7. The van der Waals surface area contributed by atoms with Crippen LogP contribution in [0, 0.1) is 26.7 Å². The molecule has 216 valence electrons. The van der Waals surface area contributed by atoms with Crippen LogP contribution in [0.1, 0.15) is 66.1 Å². The summed E-state index contributed by atoms with van der Waals surface area (Å²) in [6.45, 7) is 7.43. The predicted molar refractivity (Wildman–Crippen MR) is 162 cm³/mol. The maximum atomic E-state index is 13.7. The zero-order valence-electron chi connectivity index (χ0n) is 24.4. The summed E-state index contributed by atoms with van der Waals surface area (Å²) in [7, 11) is 1.58. The van der Waals surface area contributed by atoms with E-state index >= 15 is 0 Å². The van der Waals surface area contributed by atoms with E-state index in [4.69, 9.17) is 4.74 Å². The number of aryl methyl sites for hydroxylation is 3. The number of urea groups is 1. The van der Waals surface area contributed by atoms with Gasteiger partial charge >= 0.3 is 12.0 Å². The van der Waals surface area contributed by atoms with E-state index in [1.807, 2.05) is 57.2 Å². The van der Waals surface area contributed by atoms with Gasteiger partial charge in [0.1, 0.15) is 11.3 Å². The molecule has 41 heavy (non-hydrogen) atoms. The van der Waals surface area contributed by atoms with Crippen LogP contribution in [-0.4, -0.2) is 35.7 Å². The van der Waals surface area contributed by atoms with Gasteiger partial charge in [0.2, 0.25) is 0 Å². The highest BCUT2D eigenvalue weighted by Gasteiger charge is 2.43. The topological polar surface area (TPSA) is 117 Å². The average Bonchev–Trinajstić information content (AvgIpc) is 2.95. The van der Waals surface area contributed by atoms with E-state index in [-0.39, 0.29) is 17.2 Å². The van der Waals surface area contributed by atoms with Crippen LogP contribution in [-0.2, 0) is 4.79 Å². The monoisotopic (exact) mass is 557 g/mol. The molecular weight excluding hydrogens is 518 g/mol. The van der Waals surface area contributed by atoms with E-state index in [1.54, 1.807) is 32.2 Å². The Morgan fingerprint density at radius 3 is 2.20 bits per heavy atom. The summed E-state index contributed by atoms with van der Waals surface area (Å²) >= 11 is 0. The van der Waals surface area contributed by atoms with Gasteiger partial charge in [-0.1, -0.05) is 61.2 Å². The molecule has 0 spiro atoms. The summed E-state index contributed by atoms with van der Waals surface area (Å²) in [6, 6.07) is 16.0. The minimum atomic E-state index is -1.44. The fourth-order valence-corrected chi connectivity index (χ4v) is 5.85. The second-order valence-corrected chi connectivity index (χ2v) is 11.1. The fraction of sp³-hybridized carbons (Fsp3) is 0.364. The van der Waals surface area contributed by atoms with Crippen LogP contribution in [0.3, 0.4) is 0 Å². The number of carbonyl (C=O) groups is 3. The van der Waals surface area contributed by atoms with Gasteiger partial charge in [-0.25, -0.2) is 9.59 Å². The number of hydrogen-bond donors (Lipinski definition) is 4. The van der Waals surface area contributed by atoms with Crippen LogP contribution in [0.5, 0.6) is 5.75 Å². The first-order valence-electron chi connectivity index (χ1n) is 14.0. The highest BCUT2D eigenvalue weighted by Crippen LogP contribution is 2.35. The number of ether oxygens (including phenoxy) is 1. The number of amides is 3. The predicted octanol–water partition coefficient (Wildman–Crippen LogP) is 7.08. The molecule has 0 bridgehead atoms. The third kappa shape index (κ3) is 6.53. The quantitative estimate of drug-likeness (QED) is 0.236. The number of anilines is 2. The lowest BCUT2D eigenvalue weighted by molar-refractivity contribution is -0.146.